The second kappa shape index (κ2) is 4.22. The lowest BCUT2D eigenvalue weighted by Crippen LogP contribution is -2.38. The molecule has 0 aliphatic heterocycles. The Hall–Kier alpha value is -1.69. The number of rotatable bonds is 3. The van der Waals surface area contributed by atoms with Gasteiger partial charge in [-0.1, -0.05) is 0 Å². The van der Waals surface area contributed by atoms with Gasteiger partial charge in [-0.2, -0.15) is 0 Å². The third-order valence-electron chi connectivity index (χ3n) is 1.59. The third kappa shape index (κ3) is 3.90. The van der Waals surface area contributed by atoms with Gasteiger partial charge in [-0.15, -0.1) is 0 Å². The van der Waals surface area contributed by atoms with E-state index >= 15 is 0 Å². The van der Waals surface area contributed by atoms with E-state index in [1.165, 1.54) is 6.20 Å². The minimum absolute atomic E-state index is 0.110. The van der Waals surface area contributed by atoms with Crippen molar-refractivity contribution in [2.45, 2.75) is 19.4 Å². The van der Waals surface area contributed by atoms with Crippen molar-refractivity contribution >= 4 is 5.91 Å². The molecule has 0 spiro atoms. The molecular formula is C9H13N3O3. The molecule has 1 rings (SSSR count). The summed E-state index contributed by atoms with van der Waals surface area (Å²) in [6.07, 6.45) is 2.25. The van der Waals surface area contributed by atoms with Gasteiger partial charge in [0.1, 0.15) is 5.69 Å². The molecule has 0 aromatic carbocycles. The first-order valence-corrected chi connectivity index (χ1v) is 4.44. The summed E-state index contributed by atoms with van der Waals surface area (Å²) in [6.45, 7) is 3.27. The molecule has 0 aliphatic rings. The Morgan fingerprint density at radius 3 is 2.80 bits per heavy atom. The Kier molecular flexibility index (Phi) is 3.21. The van der Waals surface area contributed by atoms with Crippen LogP contribution in [0.3, 0.4) is 0 Å². The number of hydrogen-bond donors (Lipinski definition) is 3. The summed E-state index contributed by atoms with van der Waals surface area (Å²) in [5.41, 5.74) is -1.23. The minimum Gasteiger partial charge on any atom is -0.389 e. The van der Waals surface area contributed by atoms with Crippen molar-refractivity contribution in [2.75, 3.05) is 6.54 Å². The van der Waals surface area contributed by atoms with Crippen molar-refractivity contribution in [1.82, 2.24) is 15.3 Å². The van der Waals surface area contributed by atoms with E-state index < -0.39 is 11.5 Å². The van der Waals surface area contributed by atoms with E-state index in [1.807, 2.05) is 0 Å². The number of hydrogen-bond acceptors (Lipinski definition) is 4. The first-order valence-electron chi connectivity index (χ1n) is 4.44. The summed E-state index contributed by atoms with van der Waals surface area (Å²) in [5.74, 6) is -0.437. The highest BCUT2D eigenvalue weighted by atomic mass is 16.3. The van der Waals surface area contributed by atoms with Crippen LogP contribution in [0.1, 0.15) is 24.3 Å². The lowest BCUT2D eigenvalue weighted by molar-refractivity contribution is 0.0691. The Bertz CT molecular complexity index is 385. The average Bonchev–Trinajstić information content (AvgIpc) is 2.14. The predicted molar refractivity (Wildman–Crippen MR) is 53.5 cm³/mol. The van der Waals surface area contributed by atoms with E-state index in [-0.39, 0.29) is 17.8 Å². The number of nitrogens with zero attached hydrogens (tertiary/aromatic N) is 1. The zero-order chi connectivity index (χ0) is 11.5. The molecule has 0 saturated heterocycles. The van der Waals surface area contributed by atoms with Gasteiger partial charge in [-0.3, -0.25) is 9.59 Å². The molecule has 82 valence electrons. The molecule has 1 amide bonds. The van der Waals surface area contributed by atoms with Crippen LogP contribution in [0.2, 0.25) is 0 Å². The largest absolute Gasteiger partial charge is 0.389 e. The van der Waals surface area contributed by atoms with E-state index in [0.29, 0.717) is 0 Å². The number of carbonyl (C=O) groups is 1. The highest BCUT2D eigenvalue weighted by Crippen LogP contribution is 1.98. The number of H-pyrrole nitrogens is 1. The summed E-state index contributed by atoms with van der Waals surface area (Å²) >= 11 is 0. The molecule has 0 radical (unpaired) electrons. The number of aromatic amines is 1. The van der Waals surface area contributed by atoms with Gasteiger partial charge in [-0.05, 0) is 13.8 Å². The maximum absolute atomic E-state index is 11.4. The number of amides is 1. The summed E-state index contributed by atoms with van der Waals surface area (Å²) in [7, 11) is 0. The van der Waals surface area contributed by atoms with Crippen LogP contribution in [0.25, 0.3) is 0 Å². The number of aromatic nitrogens is 2. The molecule has 0 fully saturated rings. The third-order valence-corrected chi connectivity index (χ3v) is 1.59. The molecule has 0 aliphatic carbocycles. The number of aliphatic hydroxyl groups is 1. The highest BCUT2D eigenvalue weighted by Gasteiger charge is 2.15. The maximum Gasteiger partial charge on any atom is 0.271 e. The molecule has 0 bridgehead atoms. The van der Waals surface area contributed by atoms with Gasteiger partial charge in [0.05, 0.1) is 11.8 Å². The van der Waals surface area contributed by atoms with E-state index in [1.54, 1.807) is 13.8 Å². The van der Waals surface area contributed by atoms with E-state index in [2.05, 4.69) is 15.3 Å². The van der Waals surface area contributed by atoms with Crippen LogP contribution >= 0.6 is 0 Å². The lowest BCUT2D eigenvalue weighted by Gasteiger charge is -2.17. The average molecular weight is 211 g/mol. The topological polar surface area (TPSA) is 95.1 Å². The smallest absolute Gasteiger partial charge is 0.271 e. The summed E-state index contributed by atoms with van der Waals surface area (Å²) in [6, 6.07) is 0. The first kappa shape index (κ1) is 11.4. The standard InChI is InChI=1S/C9H13N3O3/c1-9(2,15)5-12-8(14)6-3-11-7(13)4-10-6/h3-4,15H,5H2,1-2H3,(H,11,13)(H,12,14). The molecule has 1 aromatic heterocycles. The molecule has 6 nitrogen and oxygen atoms in total. The Labute approximate surface area is 86.4 Å². The van der Waals surface area contributed by atoms with Crippen molar-refractivity contribution in [1.29, 1.82) is 0 Å². The SMILES string of the molecule is CC(C)(O)CNC(=O)c1c[nH]c(=O)cn1. The van der Waals surface area contributed by atoms with Crippen molar-refractivity contribution in [3.05, 3.63) is 28.4 Å². The molecule has 0 saturated carbocycles. The summed E-state index contributed by atoms with van der Waals surface area (Å²) < 4.78 is 0. The second-order valence-electron chi connectivity index (χ2n) is 3.79. The molecule has 0 unspecified atom stereocenters. The van der Waals surface area contributed by atoms with Crippen molar-refractivity contribution in [2.24, 2.45) is 0 Å². The number of carbonyl (C=O) groups excluding carboxylic acids is 1. The molecule has 0 atom stereocenters. The lowest BCUT2D eigenvalue weighted by atomic mass is 10.1. The minimum atomic E-state index is -0.974. The Balaban J connectivity index is 2.62. The zero-order valence-electron chi connectivity index (χ0n) is 8.57. The van der Waals surface area contributed by atoms with Crippen LogP contribution in [-0.4, -0.2) is 33.1 Å². The van der Waals surface area contributed by atoms with Gasteiger partial charge in [0, 0.05) is 12.7 Å². The van der Waals surface area contributed by atoms with Gasteiger partial charge in [-0.25, -0.2) is 4.98 Å². The van der Waals surface area contributed by atoms with Gasteiger partial charge in [0.25, 0.3) is 11.5 Å². The van der Waals surface area contributed by atoms with Crippen LogP contribution in [0.5, 0.6) is 0 Å². The molecule has 15 heavy (non-hydrogen) atoms. The second-order valence-corrected chi connectivity index (χ2v) is 3.79. The monoisotopic (exact) mass is 211 g/mol. The Morgan fingerprint density at radius 2 is 2.33 bits per heavy atom. The van der Waals surface area contributed by atoms with Gasteiger partial charge >= 0.3 is 0 Å². The van der Waals surface area contributed by atoms with Crippen LogP contribution in [-0.2, 0) is 0 Å². The normalized spacial score (nSPS) is 11.1. The fourth-order valence-electron chi connectivity index (χ4n) is 0.854. The summed E-state index contributed by atoms with van der Waals surface area (Å²) in [5, 5.41) is 11.8. The van der Waals surface area contributed by atoms with E-state index in [4.69, 9.17) is 0 Å². The van der Waals surface area contributed by atoms with Crippen LogP contribution in [0.4, 0.5) is 0 Å². The zero-order valence-corrected chi connectivity index (χ0v) is 8.57. The molecule has 6 heteroatoms. The molecule has 3 N–H and O–H groups in total. The molecule has 1 aromatic rings. The summed E-state index contributed by atoms with van der Waals surface area (Å²) in [4.78, 5) is 28.0. The van der Waals surface area contributed by atoms with Crippen molar-refractivity contribution in [3.63, 3.8) is 0 Å². The van der Waals surface area contributed by atoms with Gasteiger partial charge < -0.3 is 15.4 Å². The van der Waals surface area contributed by atoms with Crippen LogP contribution in [0.15, 0.2) is 17.2 Å². The highest BCUT2D eigenvalue weighted by molar-refractivity contribution is 5.91. The van der Waals surface area contributed by atoms with Gasteiger partial charge in [0.2, 0.25) is 0 Å². The first-order chi connectivity index (χ1) is 6.88. The fraction of sp³-hybridized carbons (Fsp3) is 0.444. The van der Waals surface area contributed by atoms with Crippen LogP contribution in [0, 0.1) is 0 Å². The van der Waals surface area contributed by atoms with E-state index in [0.717, 1.165) is 6.20 Å². The molecule has 1 heterocycles. The van der Waals surface area contributed by atoms with Crippen molar-refractivity contribution < 1.29 is 9.90 Å². The van der Waals surface area contributed by atoms with Crippen molar-refractivity contribution in [3.8, 4) is 0 Å². The Morgan fingerprint density at radius 1 is 1.67 bits per heavy atom. The molecular weight excluding hydrogens is 198 g/mol. The fourth-order valence-corrected chi connectivity index (χ4v) is 0.854. The predicted octanol–water partition coefficient (Wildman–Crippen LogP) is -0.729. The number of nitrogens with one attached hydrogen (secondary N) is 2. The van der Waals surface area contributed by atoms with Gasteiger partial charge in [0.15, 0.2) is 0 Å². The maximum atomic E-state index is 11.4. The quantitative estimate of drug-likeness (QED) is 0.614. The van der Waals surface area contributed by atoms with Crippen LogP contribution < -0.4 is 10.9 Å². The van der Waals surface area contributed by atoms with E-state index in [9.17, 15) is 14.7 Å².